The minimum Gasteiger partial charge on any atom is -0.486 e. The van der Waals surface area contributed by atoms with Gasteiger partial charge in [-0.05, 0) is 55.7 Å². The number of rotatable bonds is 8. The van der Waals surface area contributed by atoms with Gasteiger partial charge in [0.15, 0.2) is 11.0 Å². The Kier molecular flexibility index (Phi) is 7.88. The molecule has 1 aromatic carbocycles. The molecule has 8 nitrogen and oxygen atoms in total. The lowest BCUT2D eigenvalue weighted by molar-refractivity contribution is 0.292. The van der Waals surface area contributed by atoms with Gasteiger partial charge in [-0.1, -0.05) is 36.4 Å². The molecule has 0 amide bonds. The highest BCUT2D eigenvalue weighted by Gasteiger charge is 2.22. The van der Waals surface area contributed by atoms with Crippen molar-refractivity contribution in [3.8, 4) is 23.3 Å². The van der Waals surface area contributed by atoms with E-state index in [0.717, 1.165) is 28.2 Å². The number of hydrogen-bond acceptors (Lipinski definition) is 7. The first-order valence-electron chi connectivity index (χ1n) is 11.1. The molecule has 2 aromatic heterocycles. The molecule has 1 saturated carbocycles. The number of aromatic nitrogens is 4. The molecule has 0 aliphatic heterocycles. The van der Waals surface area contributed by atoms with E-state index in [-0.39, 0.29) is 13.2 Å². The Balaban J connectivity index is 1.47. The van der Waals surface area contributed by atoms with Gasteiger partial charge in [-0.25, -0.2) is 13.1 Å². The van der Waals surface area contributed by atoms with E-state index in [1.54, 1.807) is 18.0 Å². The second kappa shape index (κ2) is 11.0. The van der Waals surface area contributed by atoms with Crippen molar-refractivity contribution in [2.75, 3.05) is 12.8 Å². The fourth-order valence-corrected chi connectivity index (χ4v) is 5.30. The Hall–Kier alpha value is -2.87. The van der Waals surface area contributed by atoms with E-state index < -0.39 is 10.0 Å². The maximum atomic E-state index is 11.1. The summed E-state index contributed by atoms with van der Waals surface area (Å²) in [4.78, 5) is 4.26. The third kappa shape index (κ3) is 6.59. The van der Waals surface area contributed by atoms with Crippen LogP contribution in [0.15, 0.2) is 47.9 Å². The van der Waals surface area contributed by atoms with Crippen LogP contribution in [0.5, 0.6) is 5.75 Å². The third-order valence-corrected chi connectivity index (χ3v) is 7.34. The SMILES string of the molecule is Cc1cc(OCc2nnc(SC3CCCC3)n2-c2cccnc2)ccc1C#CCNS(C)(=O)=O. The Labute approximate surface area is 204 Å². The first-order valence-corrected chi connectivity index (χ1v) is 13.8. The second-order valence-electron chi connectivity index (χ2n) is 8.13. The molecule has 0 atom stereocenters. The summed E-state index contributed by atoms with van der Waals surface area (Å²) in [6, 6.07) is 9.52. The minimum atomic E-state index is -3.25. The molecule has 0 saturated heterocycles. The topological polar surface area (TPSA) is 99.0 Å². The van der Waals surface area contributed by atoms with Crippen molar-refractivity contribution < 1.29 is 13.2 Å². The van der Waals surface area contributed by atoms with Crippen LogP contribution in [-0.2, 0) is 16.6 Å². The molecule has 0 radical (unpaired) electrons. The quantitative estimate of drug-likeness (QED) is 0.476. The lowest BCUT2D eigenvalue weighted by Gasteiger charge is -2.13. The average molecular weight is 498 g/mol. The molecule has 178 valence electrons. The van der Waals surface area contributed by atoms with Gasteiger partial charge in [0.05, 0.1) is 24.7 Å². The molecular formula is C24H27N5O3S2. The molecule has 2 heterocycles. The molecule has 0 bridgehead atoms. The summed E-state index contributed by atoms with van der Waals surface area (Å²) in [6.45, 7) is 2.27. The smallest absolute Gasteiger partial charge is 0.209 e. The zero-order valence-electron chi connectivity index (χ0n) is 19.2. The third-order valence-electron chi connectivity index (χ3n) is 5.39. The summed E-state index contributed by atoms with van der Waals surface area (Å²) in [5, 5.41) is 10.3. The minimum absolute atomic E-state index is 0.0712. The van der Waals surface area contributed by atoms with Gasteiger partial charge < -0.3 is 4.74 Å². The van der Waals surface area contributed by atoms with Gasteiger partial charge in [0.1, 0.15) is 12.4 Å². The lowest BCUT2D eigenvalue weighted by Crippen LogP contribution is -2.21. The van der Waals surface area contributed by atoms with Gasteiger partial charge >= 0.3 is 0 Å². The fourth-order valence-electron chi connectivity index (χ4n) is 3.69. The van der Waals surface area contributed by atoms with Crippen LogP contribution >= 0.6 is 11.8 Å². The molecule has 3 aromatic rings. The van der Waals surface area contributed by atoms with Crippen LogP contribution in [-0.4, -0.2) is 46.2 Å². The largest absolute Gasteiger partial charge is 0.486 e. The molecule has 4 rings (SSSR count). The molecule has 1 fully saturated rings. The van der Waals surface area contributed by atoms with Crippen molar-refractivity contribution in [3.63, 3.8) is 0 Å². The van der Waals surface area contributed by atoms with Crippen molar-refractivity contribution in [1.82, 2.24) is 24.5 Å². The summed E-state index contributed by atoms with van der Waals surface area (Å²) >= 11 is 1.78. The Morgan fingerprint density at radius 3 is 2.76 bits per heavy atom. The fraction of sp³-hybridized carbons (Fsp3) is 0.375. The van der Waals surface area contributed by atoms with Crippen LogP contribution < -0.4 is 9.46 Å². The number of nitrogens with zero attached hydrogens (tertiary/aromatic N) is 4. The molecule has 1 aliphatic rings. The van der Waals surface area contributed by atoms with E-state index in [1.807, 2.05) is 48.0 Å². The first kappa shape index (κ1) is 24.3. The molecule has 34 heavy (non-hydrogen) atoms. The van der Waals surface area contributed by atoms with Crippen LogP contribution in [0.1, 0.15) is 42.6 Å². The molecule has 0 unspecified atom stereocenters. The van der Waals surface area contributed by atoms with Crippen LogP contribution in [0.25, 0.3) is 5.69 Å². The zero-order valence-corrected chi connectivity index (χ0v) is 20.8. The van der Waals surface area contributed by atoms with Gasteiger partial charge in [0.2, 0.25) is 10.0 Å². The van der Waals surface area contributed by atoms with Gasteiger partial charge in [0.25, 0.3) is 0 Å². The summed E-state index contributed by atoms with van der Waals surface area (Å²) in [7, 11) is -3.25. The standard InChI is InChI=1S/C24H27N5O3S2/c1-18-15-21(12-11-19(18)7-5-14-26-34(2,30)31)32-17-23-27-28-24(33-22-9-3-4-10-22)29(23)20-8-6-13-25-16-20/h6,8,11-13,15-16,22,26H,3-4,9-10,14,17H2,1-2H3. The predicted octanol–water partition coefficient (Wildman–Crippen LogP) is 3.49. The van der Waals surface area contributed by atoms with E-state index in [0.29, 0.717) is 16.8 Å². The van der Waals surface area contributed by atoms with Gasteiger partial charge in [0, 0.05) is 17.0 Å². The number of ether oxygens (including phenoxy) is 1. The summed E-state index contributed by atoms with van der Waals surface area (Å²) in [5.74, 6) is 7.22. The van der Waals surface area contributed by atoms with Crippen molar-refractivity contribution in [2.45, 2.75) is 49.6 Å². The van der Waals surface area contributed by atoms with Gasteiger partial charge in [-0.3, -0.25) is 9.55 Å². The number of sulfonamides is 1. The normalized spacial score (nSPS) is 14.1. The molecule has 10 heteroatoms. The van der Waals surface area contributed by atoms with Crippen molar-refractivity contribution in [1.29, 1.82) is 0 Å². The number of benzene rings is 1. The highest BCUT2D eigenvalue weighted by molar-refractivity contribution is 7.99. The number of nitrogens with one attached hydrogen (secondary N) is 1. The predicted molar refractivity (Wildman–Crippen MR) is 133 cm³/mol. The van der Waals surface area contributed by atoms with Crippen LogP contribution in [0.2, 0.25) is 0 Å². The Morgan fingerprint density at radius 1 is 1.24 bits per heavy atom. The van der Waals surface area contributed by atoms with Gasteiger partial charge in [-0.2, -0.15) is 0 Å². The summed E-state index contributed by atoms with van der Waals surface area (Å²) in [6.07, 6.45) is 9.60. The number of aryl methyl sites for hydroxylation is 1. The van der Waals surface area contributed by atoms with E-state index >= 15 is 0 Å². The maximum absolute atomic E-state index is 11.1. The molecule has 1 N–H and O–H groups in total. The number of pyridine rings is 1. The van der Waals surface area contributed by atoms with E-state index in [4.69, 9.17) is 4.74 Å². The first-order chi connectivity index (χ1) is 16.4. The van der Waals surface area contributed by atoms with Crippen molar-refractivity contribution >= 4 is 21.8 Å². The lowest BCUT2D eigenvalue weighted by atomic mass is 10.1. The van der Waals surface area contributed by atoms with Crippen molar-refractivity contribution in [2.24, 2.45) is 0 Å². The molecular weight excluding hydrogens is 470 g/mol. The van der Waals surface area contributed by atoms with Crippen molar-refractivity contribution in [3.05, 3.63) is 59.7 Å². The summed E-state index contributed by atoms with van der Waals surface area (Å²) < 4.78 is 32.7. The highest BCUT2D eigenvalue weighted by atomic mass is 32.2. The monoisotopic (exact) mass is 497 g/mol. The maximum Gasteiger partial charge on any atom is 0.209 e. The second-order valence-corrected chi connectivity index (χ2v) is 11.2. The zero-order chi connectivity index (χ0) is 24.0. The van der Waals surface area contributed by atoms with Crippen LogP contribution in [0, 0.1) is 18.8 Å². The Morgan fingerprint density at radius 2 is 2.06 bits per heavy atom. The summed E-state index contributed by atoms with van der Waals surface area (Å²) in [5.41, 5.74) is 2.67. The number of thioether (sulfide) groups is 1. The highest BCUT2D eigenvalue weighted by Crippen LogP contribution is 2.35. The van der Waals surface area contributed by atoms with Crippen LogP contribution in [0.3, 0.4) is 0 Å². The Bertz CT molecular complexity index is 1290. The van der Waals surface area contributed by atoms with E-state index in [1.165, 1.54) is 25.7 Å². The van der Waals surface area contributed by atoms with E-state index in [2.05, 4.69) is 31.7 Å². The average Bonchev–Trinajstić information content (AvgIpc) is 3.46. The van der Waals surface area contributed by atoms with Gasteiger partial charge in [-0.15, -0.1) is 10.2 Å². The molecule has 1 aliphatic carbocycles. The number of hydrogen-bond donors (Lipinski definition) is 1. The molecule has 0 spiro atoms. The van der Waals surface area contributed by atoms with E-state index in [9.17, 15) is 8.42 Å². The van der Waals surface area contributed by atoms with Crippen LogP contribution in [0.4, 0.5) is 0 Å².